The zero-order chi connectivity index (χ0) is 72.6. The highest BCUT2D eigenvalue weighted by molar-refractivity contribution is 5.99. The van der Waals surface area contributed by atoms with Crippen molar-refractivity contribution in [1.82, 2.24) is 47.9 Å². The van der Waals surface area contributed by atoms with Crippen molar-refractivity contribution < 1.29 is 72.6 Å². The number of rotatable bonds is 48. The first kappa shape index (κ1) is 83.3. The van der Waals surface area contributed by atoms with E-state index in [0.717, 1.165) is 6.92 Å². The van der Waals surface area contributed by atoms with Crippen LogP contribution in [-0.4, -0.2) is 173 Å². The van der Waals surface area contributed by atoms with Gasteiger partial charge in [0.05, 0.1) is 24.6 Å². The number of phenols is 1. The number of nitrogens with zero attached hydrogens (tertiary/aromatic N) is 2. The van der Waals surface area contributed by atoms with Crippen molar-refractivity contribution >= 4 is 82.5 Å². The van der Waals surface area contributed by atoms with Gasteiger partial charge in [0.2, 0.25) is 53.2 Å². The topological polar surface area (TPSA) is 518 Å². The Hall–Kier alpha value is -9.78. The van der Waals surface area contributed by atoms with Gasteiger partial charge in [0.15, 0.2) is 18.3 Å². The summed E-state index contributed by atoms with van der Waals surface area (Å²) in [5.41, 5.74) is 29.6. The van der Waals surface area contributed by atoms with Crippen molar-refractivity contribution in [2.24, 2.45) is 50.7 Å². The molecular formula is C66H102N16O15. The number of primary amides is 1. The molecule has 0 bridgehead atoms. The van der Waals surface area contributed by atoms with Gasteiger partial charge in [-0.2, -0.15) is 0 Å². The lowest BCUT2D eigenvalue weighted by molar-refractivity contribution is -0.137. The summed E-state index contributed by atoms with van der Waals surface area (Å²) in [6.45, 7) is 12.7. The van der Waals surface area contributed by atoms with Crippen LogP contribution in [0, 0.1) is 11.8 Å². The number of carbonyl (C=O) groups is 12. The number of nitrogens with two attached hydrogens (primary N) is 5. The van der Waals surface area contributed by atoms with Crippen molar-refractivity contribution in [2.45, 2.75) is 192 Å². The molecule has 10 atom stereocenters. The van der Waals surface area contributed by atoms with Crippen LogP contribution in [0.15, 0.2) is 89.6 Å². The molecule has 3 unspecified atom stereocenters. The summed E-state index contributed by atoms with van der Waals surface area (Å²) in [5.74, 6) is -11.1. The fourth-order valence-corrected chi connectivity index (χ4v) is 9.63. The van der Waals surface area contributed by atoms with Crippen molar-refractivity contribution in [3.63, 3.8) is 0 Å². The Morgan fingerprint density at radius 3 is 1.53 bits per heavy atom. The van der Waals surface area contributed by atoms with E-state index in [0.29, 0.717) is 48.9 Å². The number of carboxylic acids is 1. The van der Waals surface area contributed by atoms with Gasteiger partial charge in [0.25, 0.3) is 5.91 Å². The quantitative estimate of drug-likeness (QED) is 0.0129. The number of Topliss-reactive ketones (excluding diaryl/α,β-unsaturated/α-hetero) is 1. The molecular weight excluding hydrogens is 1260 g/mol. The minimum absolute atomic E-state index is 0.00124. The number of nitrogens with one attached hydrogen (secondary N) is 9. The van der Waals surface area contributed by atoms with Gasteiger partial charge in [0.1, 0.15) is 54.1 Å². The van der Waals surface area contributed by atoms with E-state index in [1.807, 2.05) is 0 Å². The third-order valence-electron chi connectivity index (χ3n) is 15.1. The summed E-state index contributed by atoms with van der Waals surface area (Å²) in [5, 5.41) is 46.7. The van der Waals surface area contributed by atoms with Crippen LogP contribution >= 0.6 is 0 Å². The van der Waals surface area contributed by atoms with Gasteiger partial charge in [-0.05, 0) is 140 Å². The minimum atomic E-state index is -1.38. The molecule has 0 spiro atoms. The van der Waals surface area contributed by atoms with Crippen LogP contribution in [0.1, 0.15) is 136 Å². The molecule has 31 heteroatoms. The number of unbranched alkanes of at least 4 members (excludes halogenated alkanes) is 3. The van der Waals surface area contributed by atoms with Gasteiger partial charge < -0.3 is 91.6 Å². The summed E-state index contributed by atoms with van der Waals surface area (Å²) in [6.07, 6.45) is 6.06. The maximum absolute atomic E-state index is 14.7. The molecule has 0 radical (unpaired) electrons. The van der Waals surface area contributed by atoms with E-state index in [4.69, 9.17) is 38.6 Å². The smallest absolute Gasteiger partial charge is 0.303 e. The Balaban J connectivity index is 2.52. The fraction of sp³-hybridized carbons (Fsp3) is 0.545. The Labute approximate surface area is 566 Å². The number of ketones is 1. The average Bonchev–Trinajstić information content (AvgIpc) is 0.907. The Morgan fingerprint density at radius 1 is 0.557 bits per heavy atom. The number of hydrogen-bond acceptors (Lipinski definition) is 18. The molecule has 31 nitrogen and oxygen atoms in total. The zero-order valence-corrected chi connectivity index (χ0v) is 56.4. The molecule has 10 amide bonds. The predicted octanol–water partition coefficient (Wildman–Crippen LogP) is -0.592. The van der Waals surface area contributed by atoms with Crippen molar-refractivity contribution in [1.29, 1.82) is 0 Å². The molecule has 0 saturated heterocycles. The van der Waals surface area contributed by atoms with Gasteiger partial charge >= 0.3 is 5.97 Å². The van der Waals surface area contributed by atoms with Gasteiger partial charge in [-0.3, -0.25) is 62.5 Å². The number of allylic oxidation sites excluding steroid dienone is 3. The molecule has 0 aromatic heterocycles. The lowest BCUT2D eigenvalue weighted by Gasteiger charge is -2.29. The number of oxime groups is 1. The first-order valence-electron chi connectivity index (χ1n) is 32.4. The summed E-state index contributed by atoms with van der Waals surface area (Å²) >= 11 is 0. The van der Waals surface area contributed by atoms with Gasteiger partial charge in [-0.1, -0.05) is 93.2 Å². The monoisotopic (exact) mass is 1360 g/mol. The standard InChI is InChI=1S/C66H102N16O15/c1-8-9-19-40(4)34-51(79-63(94)52(35-44-20-11-10-12-21-44)74-55(86)38-97-82-41(5)25-30-56(87)88)62(93)77-49(24-15-18-33-72-66(70)71)61(92)76-48(23-14-17-32-68)60(91)75-47(22-13-16-31-67)59(90)73-42(6)58(89)81-57(39(2)3)65(96)80-53(36-45-26-28-46(84)29-27-45)64(95)78-50(43(7)83)37-54(69)85/h8-12,19-21,26-29,39-40,42,47-53,57,84H,1,13-18,22-25,30-38,67-68H2,2-7H3,(H2,69,85)(H,73,90)(H,74,86)(H,75,91)(H,76,92)(H,77,93)(H,78,95)(H,79,94)(H,80,96)(H,81,89)(H,87,88)(H4,70,71,72)/b19-9-,82-41+/t40?,42-,47-,48?,49-,50-,51?,52-,53-,57-/m0/s1. The van der Waals surface area contributed by atoms with E-state index < -0.39 is 144 Å². The van der Waals surface area contributed by atoms with Crippen LogP contribution in [-0.2, 0) is 75.2 Å². The van der Waals surface area contributed by atoms with Crippen molar-refractivity contribution in [3.05, 3.63) is 90.5 Å². The second-order valence-corrected chi connectivity index (χ2v) is 24.0. The molecule has 0 aliphatic heterocycles. The number of carboxylic acid groups (broad SMARTS) is 1. The zero-order valence-electron chi connectivity index (χ0n) is 56.4. The van der Waals surface area contributed by atoms with E-state index in [2.05, 4.69) is 64.6 Å². The molecule has 2 rings (SSSR count). The number of aliphatic imine (C=N–C) groups is 1. The van der Waals surface area contributed by atoms with Crippen LogP contribution in [0.3, 0.4) is 0 Å². The molecule has 2 aromatic carbocycles. The highest BCUT2D eigenvalue weighted by Crippen LogP contribution is 2.16. The molecule has 0 fully saturated rings. The third kappa shape index (κ3) is 34.5. The maximum atomic E-state index is 14.7. The molecule has 97 heavy (non-hydrogen) atoms. The molecule has 0 aliphatic carbocycles. The second kappa shape index (κ2) is 45.6. The summed E-state index contributed by atoms with van der Waals surface area (Å²) in [4.78, 5) is 172. The molecule has 536 valence electrons. The highest BCUT2D eigenvalue weighted by atomic mass is 16.6. The van der Waals surface area contributed by atoms with Crippen molar-refractivity contribution in [3.8, 4) is 5.75 Å². The van der Waals surface area contributed by atoms with Crippen LogP contribution in [0.2, 0.25) is 0 Å². The van der Waals surface area contributed by atoms with E-state index in [9.17, 15) is 62.6 Å². The normalized spacial score (nSPS) is 14.4. The number of aromatic hydroxyl groups is 1. The number of aliphatic carboxylic acids is 1. The molecule has 0 aliphatic rings. The number of amides is 10. The molecule has 0 heterocycles. The van der Waals surface area contributed by atoms with Crippen LogP contribution < -0.4 is 76.5 Å². The number of phenolic OH excluding ortho intramolecular Hbond substituents is 1. The number of hydrogen-bond donors (Lipinski definition) is 16. The van der Waals surface area contributed by atoms with Gasteiger partial charge in [-0.15, -0.1) is 0 Å². The van der Waals surface area contributed by atoms with Crippen molar-refractivity contribution in [2.75, 3.05) is 26.2 Å². The summed E-state index contributed by atoms with van der Waals surface area (Å²) < 4.78 is 0. The van der Waals surface area contributed by atoms with Crippen LogP contribution in [0.4, 0.5) is 0 Å². The van der Waals surface area contributed by atoms with Crippen LogP contribution in [0.25, 0.3) is 0 Å². The number of guanidine groups is 1. The summed E-state index contributed by atoms with van der Waals surface area (Å²) in [6, 6.07) is 2.37. The lowest BCUT2D eigenvalue weighted by Crippen LogP contribution is -2.60. The van der Waals surface area contributed by atoms with E-state index in [-0.39, 0.29) is 95.0 Å². The largest absolute Gasteiger partial charge is 0.508 e. The van der Waals surface area contributed by atoms with E-state index in [1.165, 1.54) is 44.2 Å². The maximum Gasteiger partial charge on any atom is 0.303 e. The first-order chi connectivity index (χ1) is 46.0. The number of carbonyl (C=O) groups excluding carboxylic acids is 11. The Kier molecular flexibility index (Phi) is 39.1. The average molecular weight is 1360 g/mol. The Morgan fingerprint density at radius 2 is 1.03 bits per heavy atom. The molecule has 0 saturated carbocycles. The van der Waals surface area contributed by atoms with E-state index >= 15 is 0 Å². The Bertz CT molecular complexity index is 3010. The third-order valence-corrected chi connectivity index (χ3v) is 15.1. The van der Waals surface area contributed by atoms with Gasteiger partial charge in [0, 0.05) is 19.4 Å². The SMILES string of the molecule is C=C/C=C\C(C)CC(NC(=O)[C@H](Cc1ccccc1)NC(=O)CO/N=C(\C)CCC(=O)O)C(=O)N[C@@H](CCCCN=C(N)N)C(=O)NC(CCCCN)C(=O)N[C@@H](CCCCN)C(=O)N[C@@H](C)C(=O)N[C@H](C(=O)N[C@@H](Cc1ccc(O)cc1)C(=O)N[C@@H](CC(N)=O)C(C)=O)C(C)C. The molecule has 2 aromatic rings. The first-order valence-corrected chi connectivity index (χ1v) is 32.4. The molecule has 21 N–H and O–H groups in total. The predicted molar refractivity (Wildman–Crippen MR) is 364 cm³/mol. The summed E-state index contributed by atoms with van der Waals surface area (Å²) in [7, 11) is 0. The highest BCUT2D eigenvalue weighted by Gasteiger charge is 2.36. The minimum Gasteiger partial charge on any atom is -0.508 e. The number of benzene rings is 2. The van der Waals surface area contributed by atoms with E-state index in [1.54, 1.807) is 63.3 Å². The fourth-order valence-electron chi connectivity index (χ4n) is 9.63. The second-order valence-electron chi connectivity index (χ2n) is 24.0. The lowest BCUT2D eigenvalue weighted by atomic mass is 9.98. The van der Waals surface area contributed by atoms with Crippen LogP contribution in [0.5, 0.6) is 5.75 Å². The van der Waals surface area contributed by atoms with Gasteiger partial charge in [-0.25, -0.2) is 0 Å².